The molecule has 0 saturated heterocycles. The normalized spacial score (nSPS) is 12.2. The lowest BCUT2D eigenvalue weighted by Gasteiger charge is -2.28. The van der Waals surface area contributed by atoms with Gasteiger partial charge in [0.25, 0.3) is 0 Å². The second-order valence-electron chi connectivity index (χ2n) is 8.27. The SMILES string of the molecule is CCO[Si](CCCNCc1ccc2c(ccc3c4ccccc4ccc23)c1)(OCC)OCC. The maximum atomic E-state index is 5.95. The van der Waals surface area contributed by atoms with Crippen molar-refractivity contribution in [2.75, 3.05) is 26.4 Å². The van der Waals surface area contributed by atoms with Crippen molar-refractivity contribution in [3.05, 3.63) is 72.3 Å². The van der Waals surface area contributed by atoms with E-state index in [4.69, 9.17) is 13.3 Å². The van der Waals surface area contributed by atoms with Crippen LogP contribution in [0.25, 0.3) is 32.3 Å². The van der Waals surface area contributed by atoms with E-state index < -0.39 is 8.80 Å². The van der Waals surface area contributed by atoms with Crippen LogP contribution in [0.15, 0.2) is 66.7 Å². The van der Waals surface area contributed by atoms with Crippen molar-refractivity contribution in [3.63, 3.8) is 0 Å². The average Bonchev–Trinajstić information content (AvgIpc) is 2.84. The van der Waals surface area contributed by atoms with Gasteiger partial charge in [0, 0.05) is 32.4 Å². The zero-order chi connectivity index (χ0) is 23.1. The van der Waals surface area contributed by atoms with Crippen molar-refractivity contribution in [1.29, 1.82) is 0 Å². The van der Waals surface area contributed by atoms with Gasteiger partial charge in [-0.05, 0) is 77.7 Å². The molecule has 1 N–H and O–H groups in total. The largest absolute Gasteiger partial charge is 0.500 e. The van der Waals surface area contributed by atoms with E-state index in [9.17, 15) is 0 Å². The molecule has 0 radical (unpaired) electrons. The highest BCUT2D eigenvalue weighted by Crippen LogP contribution is 2.31. The smallest absolute Gasteiger partial charge is 0.374 e. The van der Waals surface area contributed by atoms with Crippen LogP contribution in [0, 0.1) is 0 Å². The Balaban J connectivity index is 1.41. The number of nitrogens with one attached hydrogen (secondary N) is 1. The minimum atomic E-state index is -2.55. The Bertz CT molecular complexity index is 1190. The van der Waals surface area contributed by atoms with Crippen molar-refractivity contribution in [2.45, 2.75) is 39.8 Å². The summed E-state index contributed by atoms with van der Waals surface area (Å²) in [7, 11) is -2.55. The van der Waals surface area contributed by atoms with Crippen molar-refractivity contribution < 1.29 is 13.3 Å². The molecule has 0 heterocycles. The highest BCUT2D eigenvalue weighted by atomic mass is 28.4. The van der Waals surface area contributed by atoms with Gasteiger partial charge in [-0.2, -0.15) is 0 Å². The Morgan fingerprint density at radius 3 is 1.97 bits per heavy atom. The van der Waals surface area contributed by atoms with Gasteiger partial charge in [-0.1, -0.05) is 60.7 Å². The molecule has 0 amide bonds. The van der Waals surface area contributed by atoms with E-state index in [0.717, 1.165) is 25.6 Å². The summed E-state index contributed by atoms with van der Waals surface area (Å²) >= 11 is 0. The summed E-state index contributed by atoms with van der Waals surface area (Å²) in [6, 6.07) is 25.2. The second-order valence-corrected chi connectivity index (χ2v) is 11.0. The maximum Gasteiger partial charge on any atom is 0.500 e. The third-order valence-electron chi connectivity index (χ3n) is 6.06. The van der Waals surface area contributed by atoms with E-state index in [2.05, 4.69) is 72.0 Å². The molecular formula is C28H35NO3Si. The fourth-order valence-corrected chi connectivity index (χ4v) is 7.26. The molecule has 174 valence electrons. The molecule has 5 heteroatoms. The predicted octanol–water partition coefficient (Wildman–Crippen LogP) is 6.67. The number of rotatable bonds is 12. The van der Waals surface area contributed by atoms with E-state index in [1.165, 1.54) is 37.9 Å². The zero-order valence-electron chi connectivity index (χ0n) is 20.0. The molecule has 0 aromatic heterocycles. The molecule has 4 rings (SSSR count). The standard InChI is InChI=1S/C28H35NO3Si/c1-4-30-33(31-5-2,32-6-3)19-9-18-29-21-22-12-15-26-24(20-22)14-17-27-25-11-8-7-10-23(25)13-16-28(26)27/h7-8,10-17,20,29H,4-6,9,18-19,21H2,1-3H3. The molecule has 4 aromatic rings. The van der Waals surface area contributed by atoms with E-state index in [1.54, 1.807) is 0 Å². The predicted molar refractivity (Wildman–Crippen MR) is 141 cm³/mol. The lowest BCUT2D eigenvalue weighted by atomic mass is 9.96. The average molecular weight is 462 g/mol. The van der Waals surface area contributed by atoms with Crippen LogP contribution in [-0.2, 0) is 19.8 Å². The van der Waals surface area contributed by atoms with Crippen LogP contribution >= 0.6 is 0 Å². The Labute approximate surface area is 198 Å². The zero-order valence-corrected chi connectivity index (χ0v) is 21.0. The topological polar surface area (TPSA) is 39.7 Å². The first-order valence-corrected chi connectivity index (χ1v) is 14.1. The van der Waals surface area contributed by atoms with Gasteiger partial charge < -0.3 is 18.6 Å². The molecule has 0 saturated carbocycles. The van der Waals surface area contributed by atoms with Crippen molar-refractivity contribution in [1.82, 2.24) is 5.32 Å². The van der Waals surface area contributed by atoms with Crippen LogP contribution in [0.2, 0.25) is 6.04 Å². The van der Waals surface area contributed by atoms with Crippen LogP contribution in [0.4, 0.5) is 0 Å². The van der Waals surface area contributed by atoms with E-state index in [-0.39, 0.29) is 0 Å². The van der Waals surface area contributed by atoms with Crippen LogP contribution < -0.4 is 5.32 Å². The molecule has 0 bridgehead atoms. The Kier molecular flexibility index (Phi) is 8.12. The second kappa shape index (κ2) is 11.2. The van der Waals surface area contributed by atoms with Crippen LogP contribution in [0.5, 0.6) is 0 Å². The summed E-state index contributed by atoms with van der Waals surface area (Å²) in [4.78, 5) is 0. The number of benzene rings is 4. The van der Waals surface area contributed by atoms with Gasteiger partial charge in [0.1, 0.15) is 0 Å². The third kappa shape index (κ3) is 5.45. The van der Waals surface area contributed by atoms with Crippen LogP contribution in [0.1, 0.15) is 32.8 Å². The molecular weight excluding hydrogens is 426 g/mol. The third-order valence-corrected chi connectivity index (χ3v) is 9.22. The Morgan fingerprint density at radius 2 is 1.27 bits per heavy atom. The summed E-state index contributed by atoms with van der Waals surface area (Å²) in [5.41, 5.74) is 1.30. The first-order chi connectivity index (χ1) is 16.2. The molecule has 0 aliphatic carbocycles. The van der Waals surface area contributed by atoms with Crippen LogP contribution in [-0.4, -0.2) is 35.2 Å². The highest BCUT2D eigenvalue weighted by Gasteiger charge is 2.39. The fourth-order valence-electron chi connectivity index (χ4n) is 4.65. The maximum absolute atomic E-state index is 5.95. The van der Waals surface area contributed by atoms with Crippen LogP contribution in [0.3, 0.4) is 0 Å². The lowest BCUT2D eigenvalue weighted by Crippen LogP contribution is -2.46. The molecule has 0 atom stereocenters. The first kappa shape index (κ1) is 23.9. The van der Waals surface area contributed by atoms with Gasteiger partial charge in [0.2, 0.25) is 0 Å². The van der Waals surface area contributed by atoms with Gasteiger partial charge in [0.15, 0.2) is 0 Å². The van der Waals surface area contributed by atoms with Gasteiger partial charge in [-0.3, -0.25) is 0 Å². The fraction of sp³-hybridized carbons (Fsp3) is 0.357. The highest BCUT2D eigenvalue weighted by molar-refractivity contribution is 6.60. The molecule has 33 heavy (non-hydrogen) atoms. The van der Waals surface area contributed by atoms with Crippen molar-refractivity contribution >= 4 is 41.1 Å². The van der Waals surface area contributed by atoms with Gasteiger partial charge in [0.05, 0.1) is 0 Å². The van der Waals surface area contributed by atoms with E-state index in [1.807, 2.05) is 20.8 Å². The molecule has 0 fully saturated rings. The summed E-state index contributed by atoms with van der Waals surface area (Å²) < 4.78 is 17.9. The van der Waals surface area contributed by atoms with E-state index >= 15 is 0 Å². The number of fused-ring (bicyclic) bond motifs is 5. The quantitative estimate of drug-likeness (QED) is 0.145. The van der Waals surface area contributed by atoms with Gasteiger partial charge in [-0.25, -0.2) is 0 Å². The first-order valence-electron chi connectivity index (χ1n) is 12.2. The minimum absolute atomic E-state index is 0.626. The summed E-state index contributed by atoms with van der Waals surface area (Å²) in [5.74, 6) is 0. The summed E-state index contributed by atoms with van der Waals surface area (Å²) in [6.45, 7) is 9.64. The van der Waals surface area contributed by atoms with Gasteiger partial charge >= 0.3 is 8.80 Å². The minimum Gasteiger partial charge on any atom is -0.374 e. The molecule has 0 unspecified atom stereocenters. The monoisotopic (exact) mass is 461 g/mol. The van der Waals surface area contributed by atoms with E-state index in [0.29, 0.717) is 19.8 Å². The lowest BCUT2D eigenvalue weighted by molar-refractivity contribution is 0.0708. The molecule has 0 aliphatic rings. The van der Waals surface area contributed by atoms with Crippen molar-refractivity contribution in [3.8, 4) is 0 Å². The Morgan fingerprint density at radius 1 is 0.667 bits per heavy atom. The van der Waals surface area contributed by atoms with Gasteiger partial charge in [-0.15, -0.1) is 0 Å². The summed E-state index contributed by atoms with van der Waals surface area (Å²) in [5, 5.41) is 11.4. The molecule has 4 nitrogen and oxygen atoms in total. The molecule has 0 spiro atoms. The summed E-state index contributed by atoms with van der Waals surface area (Å²) in [6.07, 6.45) is 0.970. The number of hydrogen-bond donors (Lipinski definition) is 1. The van der Waals surface area contributed by atoms with Crippen molar-refractivity contribution in [2.24, 2.45) is 0 Å². The molecule has 0 aliphatic heterocycles. The molecule has 4 aromatic carbocycles. The number of hydrogen-bond acceptors (Lipinski definition) is 4. The Hall–Kier alpha value is -2.28.